The third-order valence-electron chi connectivity index (χ3n) is 7.01. The Kier molecular flexibility index (Phi) is 6.72. The number of nitrogens with zero attached hydrogens (tertiary/aromatic N) is 2. The maximum atomic E-state index is 13.0. The fraction of sp³-hybridized carbons (Fsp3) is 0.286. The smallest absolute Gasteiger partial charge is 0.256 e. The van der Waals surface area contributed by atoms with Gasteiger partial charge in [-0.2, -0.15) is 0 Å². The number of hydrogen-bond donors (Lipinski definition) is 2. The fourth-order valence-corrected chi connectivity index (χ4v) is 5.86. The SMILES string of the molecule is Cc1[nH]c(/C=C2\C(=O)Nc3ccc(S(=O)(=O)N(C)C)cc32)c(C)c1-c1cccc(C(=O)N2CCOCC2)c1. The molecule has 3 aromatic rings. The Labute approximate surface area is 222 Å². The molecule has 0 radical (unpaired) electrons. The van der Waals surface area contributed by atoms with Crippen LogP contribution < -0.4 is 5.32 Å². The van der Waals surface area contributed by atoms with Crippen molar-refractivity contribution in [3.05, 3.63) is 70.5 Å². The quantitative estimate of drug-likeness (QED) is 0.487. The zero-order valence-electron chi connectivity index (χ0n) is 21.8. The molecule has 198 valence electrons. The topological polar surface area (TPSA) is 112 Å². The standard InChI is InChI=1S/C28H30N4O5S/c1-17-25(16-23-22-15-21(38(35,36)31(3)4)8-9-24(22)30-27(23)33)29-18(2)26(17)19-6-5-7-20(14-19)28(34)32-10-12-37-13-11-32/h5-9,14-16,29H,10-13H2,1-4H3,(H,30,33)/b23-16-. The number of nitrogens with one attached hydrogen (secondary N) is 2. The van der Waals surface area contributed by atoms with E-state index in [4.69, 9.17) is 4.74 Å². The molecule has 2 amide bonds. The van der Waals surface area contributed by atoms with E-state index in [2.05, 4.69) is 10.3 Å². The molecule has 0 aliphatic carbocycles. The van der Waals surface area contributed by atoms with E-state index in [0.29, 0.717) is 48.7 Å². The van der Waals surface area contributed by atoms with Crippen molar-refractivity contribution in [2.75, 3.05) is 45.7 Å². The predicted molar refractivity (Wildman–Crippen MR) is 146 cm³/mol. The molecule has 5 rings (SSSR count). The van der Waals surface area contributed by atoms with E-state index >= 15 is 0 Å². The van der Waals surface area contributed by atoms with Gasteiger partial charge in [0.1, 0.15) is 0 Å². The summed E-state index contributed by atoms with van der Waals surface area (Å²) in [6.45, 7) is 6.14. The van der Waals surface area contributed by atoms with Crippen molar-refractivity contribution in [3.63, 3.8) is 0 Å². The number of sulfonamides is 1. The molecule has 2 aliphatic rings. The number of carbonyl (C=O) groups excluding carboxylic acids is 2. The van der Waals surface area contributed by atoms with Gasteiger partial charge in [0, 0.05) is 61.0 Å². The van der Waals surface area contributed by atoms with Gasteiger partial charge in [-0.1, -0.05) is 12.1 Å². The lowest BCUT2D eigenvalue weighted by Gasteiger charge is -2.27. The number of morpholine rings is 1. The zero-order chi connectivity index (χ0) is 27.2. The summed E-state index contributed by atoms with van der Waals surface area (Å²) in [5.74, 6) is -0.322. The fourth-order valence-electron chi connectivity index (χ4n) is 4.93. The number of amides is 2. The maximum Gasteiger partial charge on any atom is 0.256 e. The molecular weight excluding hydrogens is 504 g/mol. The number of fused-ring (bicyclic) bond motifs is 1. The summed E-state index contributed by atoms with van der Waals surface area (Å²) in [6.07, 6.45) is 1.75. The molecule has 2 N–H and O–H groups in total. The molecule has 1 aromatic heterocycles. The van der Waals surface area contributed by atoms with Crippen LogP contribution in [0.5, 0.6) is 0 Å². The van der Waals surface area contributed by atoms with E-state index in [1.54, 1.807) is 17.0 Å². The van der Waals surface area contributed by atoms with Gasteiger partial charge in [0.25, 0.3) is 11.8 Å². The van der Waals surface area contributed by atoms with Gasteiger partial charge in [0.15, 0.2) is 0 Å². The molecule has 0 saturated carbocycles. The number of aryl methyl sites for hydroxylation is 1. The number of H-pyrrole nitrogens is 1. The van der Waals surface area contributed by atoms with Crippen molar-refractivity contribution >= 4 is 39.2 Å². The molecular formula is C28H30N4O5S. The molecule has 0 spiro atoms. The number of carbonyl (C=O) groups is 2. The first-order valence-corrected chi connectivity index (χ1v) is 13.8. The summed E-state index contributed by atoms with van der Waals surface area (Å²) >= 11 is 0. The predicted octanol–water partition coefficient (Wildman–Crippen LogP) is 3.51. The Morgan fingerprint density at radius 2 is 1.82 bits per heavy atom. The lowest BCUT2D eigenvalue weighted by molar-refractivity contribution is -0.110. The van der Waals surface area contributed by atoms with Crippen molar-refractivity contribution in [1.82, 2.24) is 14.2 Å². The number of rotatable bonds is 5. The highest BCUT2D eigenvalue weighted by molar-refractivity contribution is 7.89. The van der Waals surface area contributed by atoms with Gasteiger partial charge < -0.3 is 19.9 Å². The van der Waals surface area contributed by atoms with Crippen LogP contribution in [0, 0.1) is 13.8 Å². The number of anilines is 1. The van der Waals surface area contributed by atoms with Crippen LogP contribution in [0.3, 0.4) is 0 Å². The molecule has 0 atom stereocenters. The normalized spacial score (nSPS) is 16.7. The van der Waals surface area contributed by atoms with E-state index in [9.17, 15) is 18.0 Å². The molecule has 3 heterocycles. The maximum absolute atomic E-state index is 13.0. The molecule has 2 aromatic carbocycles. The summed E-state index contributed by atoms with van der Waals surface area (Å²) in [7, 11) is -0.715. The van der Waals surface area contributed by atoms with Crippen LogP contribution in [-0.4, -0.2) is 74.8 Å². The number of aromatic amines is 1. The van der Waals surface area contributed by atoms with Crippen molar-refractivity contribution in [2.45, 2.75) is 18.7 Å². The van der Waals surface area contributed by atoms with E-state index in [1.807, 2.05) is 38.1 Å². The summed E-state index contributed by atoms with van der Waals surface area (Å²) < 4.78 is 31.9. The second-order valence-electron chi connectivity index (χ2n) is 9.66. The Morgan fingerprint density at radius 1 is 1.08 bits per heavy atom. The van der Waals surface area contributed by atoms with Crippen LogP contribution in [0.4, 0.5) is 5.69 Å². The highest BCUT2D eigenvalue weighted by Gasteiger charge is 2.28. The minimum absolute atomic E-state index is 0.0222. The van der Waals surface area contributed by atoms with Gasteiger partial charge in [-0.05, 0) is 61.4 Å². The third kappa shape index (κ3) is 4.55. The average Bonchev–Trinajstić information content (AvgIpc) is 3.37. The first-order valence-electron chi connectivity index (χ1n) is 12.3. The minimum Gasteiger partial charge on any atom is -0.378 e. The van der Waals surface area contributed by atoms with Crippen LogP contribution in [0.1, 0.15) is 32.9 Å². The second-order valence-corrected chi connectivity index (χ2v) is 11.8. The van der Waals surface area contributed by atoms with E-state index in [1.165, 1.54) is 26.2 Å². The Morgan fingerprint density at radius 3 is 2.53 bits per heavy atom. The highest BCUT2D eigenvalue weighted by atomic mass is 32.2. The van der Waals surface area contributed by atoms with Gasteiger partial charge in [-0.3, -0.25) is 9.59 Å². The lowest BCUT2D eigenvalue weighted by Crippen LogP contribution is -2.40. The largest absolute Gasteiger partial charge is 0.378 e. The second kappa shape index (κ2) is 9.86. The van der Waals surface area contributed by atoms with E-state index in [0.717, 1.165) is 32.4 Å². The molecule has 10 heteroatoms. The summed E-state index contributed by atoms with van der Waals surface area (Å²) in [6, 6.07) is 12.2. The number of aromatic nitrogens is 1. The molecule has 2 aliphatic heterocycles. The van der Waals surface area contributed by atoms with Gasteiger partial charge in [-0.25, -0.2) is 12.7 Å². The van der Waals surface area contributed by atoms with E-state index in [-0.39, 0.29) is 16.7 Å². The van der Waals surface area contributed by atoms with Crippen LogP contribution in [-0.2, 0) is 19.6 Å². The minimum atomic E-state index is -3.66. The monoisotopic (exact) mass is 534 g/mol. The highest BCUT2D eigenvalue weighted by Crippen LogP contribution is 2.37. The number of ether oxygens (including phenoxy) is 1. The first-order chi connectivity index (χ1) is 18.1. The van der Waals surface area contributed by atoms with Gasteiger partial charge in [-0.15, -0.1) is 0 Å². The van der Waals surface area contributed by atoms with Crippen molar-refractivity contribution in [2.24, 2.45) is 0 Å². The van der Waals surface area contributed by atoms with Gasteiger partial charge >= 0.3 is 0 Å². The van der Waals surface area contributed by atoms with E-state index < -0.39 is 10.0 Å². The summed E-state index contributed by atoms with van der Waals surface area (Å²) in [5.41, 5.74) is 6.50. The molecule has 1 saturated heterocycles. The third-order valence-corrected chi connectivity index (χ3v) is 8.83. The van der Waals surface area contributed by atoms with Crippen molar-refractivity contribution in [1.29, 1.82) is 0 Å². The Balaban J connectivity index is 1.52. The van der Waals surface area contributed by atoms with Crippen LogP contribution in [0.2, 0.25) is 0 Å². The van der Waals surface area contributed by atoms with Crippen molar-refractivity contribution in [3.8, 4) is 11.1 Å². The molecule has 38 heavy (non-hydrogen) atoms. The number of benzene rings is 2. The van der Waals surface area contributed by atoms with Crippen LogP contribution >= 0.6 is 0 Å². The molecule has 1 fully saturated rings. The van der Waals surface area contributed by atoms with Crippen LogP contribution in [0.15, 0.2) is 47.4 Å². The molecule has 0 bridgehead atoms. The Bertz CT molecular complexity index is 1580. The molecule has 0 unspecified atom stereocenters. The number of hydrogen-bond acceptors (Lipinski definition) is 5. The lowest BCUT2D eigenvalue weighted by atomic mass is 9.98. The Hall–Kier alpha value is -3.73. The summed E-state index contributed by atoms with van der Waals surface area (Å²) in [4.78, 5) is 31.2. The first kappa shape index (κ1) is 25.9. The average molecular weight is 535 g/mol. The molecule has 9 nitrogen and oxygen atoms in total. The van der Waals surface area contributed by atoms with Gasteiger partial charge in [0.05, 0.1) is 23.7 Å². The zero-order valence-corrected chi connectivity index (χ0v) is 22.6. The van der Waals surface area contributed by atoms with Crippen LogP contribution in [0.25, 0.3) is 22.8 Å². The summed E-state index contributed by atoms with van der Waals surface area (Å²) in [5, 5.41) is 2.82. The van der Waals surface area contributed by atoms with Gasteiger partial charge in [0.2, 0.25) is 10.0 Å². The van der Waals surface area contributed by atoms with Crippen molar-refractivity contribution < 1.29 is 22.7 Å².